The molecule has 0 spiro atoms. The molecule has 6 nitrogen and oxygen atoms in total. The van der Waals surface area contributed by atoms with Crippen LogP contribution >= 0.6 is 0 Å². The number of piperidine rings is 1. The van der Waals surface area contributed by atoms with Gasteiger partial charge < -0.3 is 14.6 Å². The first-order valence-corrected chi connectivity index (χ1v) is 9.02. The molecule has 0 unspecified atom stereocenters. The molecule has 0 radical (unpaired) electrons. The van der Waals surface area contributed by atoms with Crippen molar-refractivity contribution in [1.29, 1.82) is 0 Å². The SMILES string of the molecule is O=C(c1ccc(=O)[nH]c1)N1C[C@H]2CC[C@@H]1CN(C1CCOCC1)C2. The van der Waals surface area contributed by atoms with Crippen molar-refractivity contribution in [3.05, 3.63) is 34.2 Å². The lowest BCUT2D eigenvalue weighted by atomic mass is 9.94. The van der Waals surface area contributed by atoms with Gasteiger partial charge >= 0.3 is 0 Å². The monoisotopic (exact) mass is 331 g/mol. The minimum absolute atomic E-state index is 0.0507. The molecule has 1 amide bonds. The highest BCUT2D eigenvalue weighted by molar-refractivity contribution is 5.94. The summed E-state index contributed by atoms with van der Waals surface area (Å²) in [6, 6.07) is 3.95. The van der Waals surface area contributed by atoms with Crippen molar-refractivity contribution in [2.75, 3.05) is 32.8 Å². The summed E-state index contributed by atoms with van der Waals surface area (Å²) in [5, 5.41) is 0. The Balaban J connectivity index is 1.51. The van der Waals surface area contributed by atoms with Crippen molar-refractivity contribution >= 4 is 5.91 Å². The van der Waals surface area contributed by atoms with Gasteiger partial charge in [0.25, 0.3) is 5.91 Å². The third kappa shape index (κ3) is 3.13. The fraction of sp³-hybridized carbons (Fsp3) is 0.667. The van der Waals surface area contributed by atoms with Crippen LogP contribution in [0.25, 0.3) is 0 Å². The average molecular weight is 331 g/mol. The highest BCUT2D eigenvalue weighted by Gasteiger charge is 2.39. The number of ether oxygens (including phenoxy) is 1. The van der Waals surface area contributed by atoms with E-state index in [-0.39, 0.29) is 17.5 Å². The number of carbonyl (C=O) groups excluding carboxylic acids is 1. The molecule has 130 valence electrons. The van der Waals surface area contributed by atoms with Crippen LogP contribution in [0, 0.1) is 5.92 Å². The van der Waals surface area contributed by atoms with Crippen LogP contribution in [0.4, 0.5) is 0 Å². The quantitative estimate of drug-likeness (QED) is 0.881. The van der Waals surface area contributed by atoms with E-state index in [1.54, 1.807) is 12.3 Å². The van der Waals surface area contributed by atoms with Crippen LogP contribution in [-0.4, -0.2) is 65.6 Å². The number of H-pyrrole nitrogens is 1. The predicted octanol–water partition coefficient (Wildman–Crippen LogP) is 1.09. The summed E-state index contributed by atoms with van der Waals surface area (Å²) in [6.07, 6.45) is 6.04. The topological polar surface area (TPSA) is 65.6 Å². The number of rotatable bonds is 2. The maximum absolute atomic E-state index is 12.9. The van der Waals surface area contributed by atoms with Crippen molar-refractivity contribution in [3.8, 4) is 0 Å². The Morgan fingerprint density at radius 1 is 1.04 bits per heavy atom. The van der Waals surface area contributed by atoms with E-state index in [0.717, 1.165) is 52.1 Å². The molecule has 24 heavy (non-hydrogen) atoms. The number of carbonyl (C=O) groups is 1. The van der Waals surface area contributed by atoms with Gasteiger partial charge in [-0.3, -0.25) is 14.5 Å². The highest BCUT2D eigenvalue weighted by Crippen LogP contribution is 2.31. The Bertz CT molecular complexity index is 633. The summed E-state index contributed by atoms with van der Waals surface area (Å²) in [4.78, 5) is 31.4. The van der Waals surface area contributed by atoms with E-state index in [9.17, 15) is 9.59 Å². The lowest BCUT2D eigenvalue weighted by molar-refractivity contribution is 0.0304. The number of fused-ring (bicyclic) bond motifs is 4. The summed E-state index contributed by atoms with van der Waals surface area (Å²) in [5.41, 5.74) is 0.411. The van der Waals surface area contributed by atoms with E-state index in [4.69, 9.17) is 4.74 Å². The first kappa shape index (κ1) is 15.8. The van der Waals surface area contributed by atoms with E-state index in [1.165, 1.54) is 12.5 Å². The zero-order valence-electron chi connectivity index (χ0n) is 13.9. The Kier molecular flexibility index (Phi) is 4.41. The summed E-state index contributed by atoms with van der Waals surface area (Å²) in [7, 11) is 0. The number of hydrogen-bond acceptors (Lipinski definition) is 4. The maximum atomic E-state index is 12.9. The van der Waals surface area contributed by atoms with Crippen molar-refractivity contribution < 1.29 is 9.53 Å². The van der Waals surface area contributed by atoms with Gasteiger partial charge in [0.15, 0.2) is 0 Å². The molecule has 0 saturated carbocycles. The number of amides is 1. The third-order valence-corrected chi connectivity index (χ3v) is 5.74. The second kappa shape index (κ2) is 6.69. The van der Waals surface area contributed by atoms with Gasteiger partial charge in [0.1, 0.15) is 0 Å². The molecule has 6 heteroatoms. The van der Waals surface area contributed by atoms with E-state index < -0.39 is 0 Å². The highest BCUT2D eigenvalue weighted by atomic mass is 16.5. The van der Waals surface area contributed by atoms with E-state index in [1.807, 2.05) is 4.90 Å². The van der Waals surface area contributed by atoms with Crippen LogP contribution in [-0.2, 0) is 4.74 Å². The van der Waals surface area contributed by atoms with Gasteiger partial charge in [0, 0.05) is 57.2 Å². The number of nitrogens with zero attached hydrogens (tertiary/aromatic N) is 2. The maximum Gasteiger partial charge on any atom is 0.255 e. The van der Waals surface area contributed by atoms with Gasteiger partial charge in [0.2, 0.25) is 5.56 Å². The summed E-state index contributed by atoms with van der Waals surface area (Å²) in [6.45, 7) is 4.61. The van der Waals surface area contributed by atoms with E-state index in [0.29, 0.717) is 17.5 Å². The van der Waals surface area contributed by atoms with Crippen LogP contribution in [0.1, 0.15) is 36.0 Å². The molecule has 2 bridgehead atoms. The number of nitrogens with one attached hydrogen (secondary N) is 1. The van der Waals surface area contributed by atoms with Gasteiger partial charge in [0.05, 0.1) is 5.56 Å². The Morgan fingerprint density at radius 3 is 2.62 bits per heavy atom. The number of aromatic amines is 1. The lowest BCUT2D eigenvalue weighted by Gasteiger charge is -2.37. The Hall–Kier alpha value is -1.66. The van der Waals surface area contributed by atoms with E-state index in [2.05, 4.69) is 9.88 Å². The second-order valence-electron chi connectivity index (χ2n) is 7.29. The fourth-order valence-electron chi connectivity index (χ4n) is 4.42. The zero-order chi connectivity index (χ0) is 16.5. The molecular weight excluding hydrogens is 306 g/mol. The summed E-state index contributed by atoms with van der Waals surface area (Å²) in [5.74, 6) is 0.605. The molecule has 5 rings (SSSR count). The molecule has 2 atom stereocenters. The van der Waals surface area contributed by atoms with E-state index >= 15 is 0 Å². The lowest BCUT2D eigenvalue weighted by Crippen LogP contribution is -2.48. The van der Waals surface area contributed by atoms with Gasteiger partial charge in [-0.1, -0.05) is 0 Å². The zero-order valence-corrected chi connectivity index (χ0v) is 13.9. The van der Waals surface area contributed by atoms with Crippen LogP contribution in [0.15, 0.2) is 23.1 Å². The minimum Gasteiger partial charge on any atom is -0.381 e. The average Bonchev–Trinajstić information content (AvgIpc) is 2.94. The number of aromatic nitrogens is 1. The van der Waals surface area contributed by atoms with Crippen LogP contribution in [0.2, 0.25) is 0 Å². The Morgan fingerprint density at radius 2 is 1.88 bits per heavy atom. The standard InChI is InChI=1S/C18H25N3O3/c22-17-4-2-14(9-19-17)18(23)21-11-13-1-3-16(21)12-20(10-13)15-5-7-24-8-6-15/h2,4,9,13,15-16H,1,3,5-8,10-12H2,(H,19,22)/t13-,16+/m0/s1. The molecule has 4 saturated heterocycles. The minimum atomic E-state index is -0.172. The molecule has 4 aliphatic heterocycles. The van der Waals surface area contributed by atoms with Gasteiger partial charge in [-0.05, 0) is 37.7 Å². The van der Waals surface area contributed by atoms with Gasteiger partial charge in [-0.2, -0.15) is 0 Å². The summed E-state index contributed by atoms with van der Waals surface area (Å²) >= 11 is 0. The normalized spacial score (nSPS) is 28.8. The third-order valence-electron chi connectivity index (χ3n) is 5.74. The molecule has 0 aliphatic carbocycles. The van der Waals surface area contributed by atoms with Crippen LogP contribution in [0.5, 0.6) is 0 Å². The van der Waals surface area contributed by atoms with Crippen molar-refractivity contribution in [3.63, 3.8) is 0 Å². The largest absolute Gasteiger partial charge is 0.381 e. The van der Waals surface area contributed by atoms with Gasteiger partial charge in [-0.25, -0.2) is 0 Å². The van der Waals surface area contributed by atoms with Crippen LogP contribution < -0.4 is 5.56 Å². The first-order chi connectivity index (χ1) is 11.7. The van der Waals surface area contributed by atoms with Gasteiger partial charge in [-0.15, -0.1) is 0 Å². The predicted molar refractivity (Wildman–Crippen MR) is 90.0 cm³/mol. The van der Waals surface area contributed by atoms with Crippen molar-refractivity contribution in [1.82, 2.24) is 14.8 Å². The fourth-order valence-corrected chi connectivity index (χ4v) is 4.42. The number of pyridine rings is 1. The second-order valence-corrected chi connectivity index (χ2v) is 7.29. The molecule has 4 fully saturated rings. The smallest absolute Gasteiger partial charge is 0.255 e. The van der Waals surface area contributed by atoms with Crippen molar-refractivity contribution in [2.24, 2.45) is 5.92 Å². The molecule has 1 aromatic rings. The molecule has 1 N–H and O–H groups in total. The first-order valence-electron chi connectivity index (χ1n) is 9.02. The Labute approximate surface area is 141 Å². The molecule has 0 aromatic carbocycles. The summed E-state index contributed by atoms with van der Waals surface area (Å²) < 4.78 is 5.50. The molecule has 5 heterocycles. The molecular formula is C18H25N3O3. The molecule has 1 aromatic heterocycles. The molecule has 4 aliphatic rings. The number of hydrogen-bond donors (Lipinski definition) is 1. The van der Waals surface area contributed by atoms with Crippen molar-refractivity contribution in [2.45, 2.75) is 37.8 Å². The van der Waals surface area contributed by atoms with Crippen LogP contribution in [0.3, 0.4) is 0 Å².